The smallest absolute Gasteiger partial charge is 0.283 e. The van der Waals surface area contributed by atoms with E-state index in [0.717, 1.165) is 12.1 Å². The molecule has 1 aromatic carbocycles. The minimum atomic E-state index is -1.58. The van der Waals surface area contributed by atoms with Gasteiger partial charge in [-0.1, -0.05) is 6.07 Å². The average Bonchev–Trinajstić information content (AvgIpc) is 3.07. The summed E-state index contributed by atoms with van der Waals surface area (Å²) in [5, 5.41) is 0. The molecule has 2 aliphatic rings. The lowest BCUT2D eigenvalue weighted by molar-refractivity contribution is 0.164. The Morgan fingerprint density at radius 2 is 2.06 bits per heavy atom. The summed E-state index contributed by atoms with van der Waals surface area (Å²) in [5.41, 5.74) is 3.52. The number of amidine groups is 1. The molecule has 96 valence electrons. The number of benzene rings is 1. The topological polar surface area (TPSA) is 47.6 Å². The van der Waals surface area contributed by atoms with Crippen molar-refractivity contribution in [1.29, 1.82) is 0 Å². The molecule has 1 fully saturated rings. The molecule has 2 N–H and O–H groups in total. The summed E-state index contributed by atoms with van der Waals surface area (Å²) in [6, 6.07) is 3.20. The first-order valence-electron chi connectivity index (χ1n) is 5.61. The monoisotopic (exact) mass is 256 g/mol. The number of fused-ring (bicyclic) bond motifs is 1. The van der Waals surface area contributed by atoms with E-state index >= 15 is 0 Å². The fourth-order valence-corrected chi connectivity index (χ4v) is 2.61. The first-order chi connectivity index (χ1) is 8.58. The zero-order valence-corrected chi connectivity index (χ0v) is 9.37. The largest absolute Gasteiger partial charge is 0.462 e. The quantitative estimate of drug-likeness (QED) is 0.878. The molecule has 1 aliphatic heterocycles. The van der Waals surface area contributed by atoms with Crippen molar-refractivity contribution >= 4 is 6.02 Å². The van der Waals surface area contributed by atoms with Crippen LogP contribution in [0, 0.1) is 17.6 Å². The van der Waals surface area contributed by atoms with Crippen LogP contribution in [-0.2, 0) is 10.3 Å². The first-order valence-corrected chi connectivity index (χ1v) is 5.61. The van der Waals surface area contributed by atoms with Gasteiger partial charge in [-0.05, 0) is 18.6 Å². The second-order valence-electron chi connectivity index (χ2n) is 4.60. The lowest BCUT2D eigenvalue weighted by Crippen LogP contribution is -2.40. The van der Waals surface area contributed by atoms with Crippen molar-refractivity contribution in [3.63, 3.8) is 0 Å². The summed E-state index contributed by atoms with van der Waals surface area (Å²) < 4.78 is 46.3. The van der Waals surface area contributed by atoms with Gasteiger partial charge in [0.1, 0.15) is 30.0 Å². The highest BCUT2D eigenvalue weighted by molar-refractivity contribution is 5.74. The van der Waals surface area contributed by atoms with E-state index in [1.165, 1.54) is 6.07 Å². The number of rotatable bonds is 2. The van der Waals surface area contributed by atoms with Crippen LogP contribution in [0.2, 0.25) is 0 Å². The van der Waals surface area contributed by atoms with E-state index in [1.54, 1.807) is 0 Å². The van der Waals surface area contributed by atoms with Gasteiger partial charge in [0.25, 0.3) is 6.02 Å². The van der Waals surface area contributed by atoms with Crippen molar-refractivity contribution in [2.45, 2.75) is 18.1 Å². The lowest BCUT2D eigenvalue weighted by atomic mass is 9.85. The van der Waals surface area contributed by atoms with E-state index < -0.39 is 23.8 Å². The molecule has 0 radical (unpaired) electrons. The van der Waals surface area contributed by atoms with Gasteiger partial charge in [-0.3, -0.25) is 0 Å². The molecule has 6 heteroatoms. The lowest BCUT2D eigenvalue weighted by Gasteiger charge is -2.31. The number of hydrogen-bond donors (Lipinski definition) is 1. The van der Waals surface area contributed by atoms with E-state index in [9.17, 15) is 13.2 Å². The second-order valence-corrected chi connectivity index (χ2v) is 4.60. The summed E-state index contributed by atoms with van der Waals surface area (Å²) >= 11 is 0. The van der Waals surface area contributed by atoms with E-state index in [-0.39, 0.29) is 23.6 Å². The van der Waals surface area contributed by atoms with Crippen molar-refractivity contribution in [2.24, 2.45) is 16.6 Å². The maximum absolute atomic E-state index is 13.8. The van der Waals surface area contributed by atoms with Gasteiger partial charge in [-0.15, -0.1) is 0 Å². The Labute approximate surface area is 101 Å². The Morgan fingerprint density at radius 3 is 2.67 bits per heavy atom. The molecule has 3 nitrogen and oxygen atoms in total. The molecular weight excluding hydrogens is 245 g/mol. The number of aliphatic imine (C=N–C) groups is 1. The molecule has 0 spiro atoms. The Balaban J connectivity index is 2.20. The number of halogens is 3. The van der Waals surface area contributed by atoms with Gasteiger partial charge in [0, 0.05) is 5.92 Å². The van der Waals surface area contributed by atoms with Gasteiger partial charge >= 0.3 is 0 Å². The molecule has 18 heavy (non-hydrogen) atoms. The number of hydrogen-bond acceptors (Lipinski definition) is 3. The predicted octanol–water partition coefficient (Wildman–Crippen LogP) is 1.86. The van der Waals surface area contributed by atoms with Crippen molar-refractivity contribution in [1.82, 2.24) is 0 Å². The maximum Gasteiger partial charge on any atom is 0.283 e. The molecule has 1 unspecified atom stereocenters. The third-order valence-electron chi connectivity index (χ3n) is 3.53. The first kappa shape index (κ1) is 11.4. The summed E-state index contributed by atoms with van der Waals surface area (Å²) in [4.78, 5) is 3.86. The molecule has 1 aliphatic carbocycles. The molecule has 1 aromatic rings. The van der Waals surface area contributed by atoms with Crippen LogP contribution in [0.1, 0.15) is 12.0 Å². The molecule has 0 bridgehead atoms. The maximum atomic E-state index is 13.8. The minimum Gasteiger partial charge on any atom is -0.462 e. The van der Waals surface area contributed by atoms with Crippen molar-refractivity contribution in [3.05, 3.63) is 35.4 Å². The van der Waals surface area contributed by atoms with Crippen LogP contribution >= 0.6 is 0 Å². The van der Waals surface area contributed by atoms with Crippen LogP contribution in [0.15, 0.2) is 23.2 Å². The van der Waals surface area contributed by atoms with Crippen molar-refractivity contribution in [2.75, 3.05) is 6.67 Å². The summed E-state index contributed by atoms with van der Waals surface area (Å²) in [6.45, 7) is -1.00. The fourth-order valence-electron chi connectivity index (χ4n) is 2.61. The molecular formula is C12H11F3N2O. The zero-order chi connectivity index (χ0) is 12.9. The van der Waals surface area contributed by atoms with Crippen molar-refractivity contribution in [3.8, 4) is 0 Å². The van der Waals surface area contributed by atoms with Crippen LogP contribution in [0.3, 0.4) is 0 Å². The Hall–Kier alpha value is -1.72. The minimum absolute atomic E-state index is 0.214. The number of ether oxygens (including phenoxy) is 1. The molecule has 1 saturated carbocycles. The van der Waals surface area contributed by atoms with Crippen LogP contribution in [0.25, 0.3) is 0 Å². The van der Waals surface area contributed by atoms with Gasteiger partial charge in [0.05, 0.1) is 5.56 Å². The Kier molecular flexibility index (Phi) is 2.30. The number of nitrogens with zero attached hydrogens (tertiary/aromatic N) is 1. The molecule has 0 saturated heterocycles. The van der Waals surface area contributed by atoms with Crippen LogP contribution in [0.4, 0.5) is 13.2 Å². The highest BCUT2D eigenvalue weighted by atomic mass is 19.1. The molecule has 0 aromatic heterocycles. The zero-order valence-electron chi connectivity index (χ0n) is 9.37. The van der Waals surface area contributed by atoms with E-state index in [2.05, 4.69) is 4.99 Å². The van der Waals surface area contributed by atoms with Gasteiger partial charge in [-0.2, -0.15) is 0 Å². The Bertz CT molecular complexity index is 514. The summed E-state index contributed by atoms with van der Waals surface area (Å²) in [5.74, 6) is -1.98. The normalized spacial score (nSPS) is 33.4. The van der Waals surface area contributed by atoms with Crippen LogP contribution < -0.4 is 5.73 Å². The third-order valence-corrected chi connectivity index (χ3v) is 3.53. The van der Waals surface area contributed by atoms with Gasteiger partial charge in [0.2, 0.25) is 0 Å². The molecule has 3 atom stereocenters. The highest BCUT2D eigenvalue weighted by Gasteiger charge is 2.60. The summed E-state index contributed by atoms with van der Waals surface area (Å²) in [7, 11) is 0. The molecule has 1 heterocycles. The van der Waals surface area contributed by atoms with Gasteiger partial charge in [0.15, 0.2) is 0 Å². The second kappa shape index (κ2) is 3.63. The molecule has 0 amide bonds. The van der Waals surface area contributed by atoms with Crippen LogP contribution in [-0.4, -0.2) is 18.8 Å². The van der Waals surface area contributed by atoms with E-state index in [4.69, 9.17) is 10.5 Å². The predicted molar refractivity (Wildman–Crippen MR) is 58.6 cm³/mol. The number of alkyl halides is 1. The van der Waals surface area contributed by atoms with Gasteiger partial charge in [-0.25, -0.2) is 18.2 Å². The average molecular weight is 256 g/mol. The van der Waals surface area contributed by atoms with Gasteiger partial charge < -0.3 is 10.5 Å². The van der Waals surface area contributed by atoms with E-state index in [1.807, 2.05) is 0 Å². The fraction of sp³-hybridized carbons (Fsp3) is 0.417. The van der Waals surface area contributed by atoms with Crippen molar-refractivity contribution < 1.29 is 17.9 Å². The third kappa shape index (κ3) is 1.41. The standard InChI is InChI=1S/C12H11F3N2O/c13-5-12(6-4-9(6)18-11(16)17-12)10-7(14)2-1-3-8(10)15/h1-3,6,9H,4-5H2,(H2,16,17)/t6-,9?,12-/m0/s1. The number of nitrogens with two attached hydrogens (primary N) is 1. The highest BCUT2D eigenvalue weighted by Crippen LogP contribution is 2.53. The summed E-state index contributed by atoms with van der Waals surface area (Å²) in [6.07, 6.45) is 0.208. The SMILES string of the molecule is NC1=N[C@](CF)(c2c(F)cccc2F)[C@H]2CC2O1. The molecule has 3 rings (SSSR count). The van der Waals surface area contributed by atoms with E-state index in [0.29, 0.717) is 6.42 Å². The van der Waals surface area contributed by atoms with Crippen LogP contribution in [0.5, 0.6) is 0 Å². The Morgan fingerprint density at radius 1 is 1.39 bits per heavy atom.